The van der Waals surface area contributed by atoms with Gasteiger partial charge in [0.2, 0.25) is 0 Å². The van der Waals surface area contributed by atoms with Crippen molar-refractivity contribution in [3.05, 3.63) is 58.1 Å². The highest BCUT2D eigenvalue weighted by atomic mass is 79.9. The van der Waals surface area contributed by atoms with Gasteiger partial charge in [-0.15, -0.1) is 0 Å². The van der Waals surface area contributed by atoms with Crippen molar-refractivity contribution in [1.29, 1.82) is 0 Å². The van der Waals surface area contributed by atoms with E-state index in [4.69, 9.17) is 4.74 Å². The third kappa shape index (κ3) is 6.31. The number of nitrogens with one attached hydrogen (secondary N) is 1. The second-order valence-corrected chi connectivity index (χ2v) is 9.13. The highest BCUT2D eigenvalue weighted by molar-refractivity contribution is 9.10. The number of para-hydroxylation sites is 1. The first-order valence-corrected chi connectivity index (χ1v) is 11.4. The largest absolute Gasteiger partial charge is 0.492 e. The number of amides is 2. The van der Waals surface area contributed by atoms with E-state index in [1.54, 1.807) is 30.3 Å². The van der Waals surface area contributed by atoms with Crippen LogP contribution in [0, 0.1) is 5.92 Å². The normalized spacial score (nSPS) is 14.5. The van der Waals surface area contributed by atoms with Crippen molar-refractivity contribution in [2.24, 2.45) is 5.92 Å². The molecule has 0 aromatic heterocycles. The van der Waals surface area contributed by atoms with Crippen molar-refractivity contribution in [2.75, 3.05) is 45.2 Å². The lowest BCUT2D eigenvalue weighted by atomic mass is 10.1. The highest BCUT2D eigenvalue weighted by Crippen LogP contribution is 2.27. The standard InChI is InChI=1S/C24H30BrN3O3/c1-17(2)10-15-31-22-9-8-18(16-20(22)25)23(29)26-21-7-5-4-6-19(21)24(30)28-13-11-27(3)12-14-28/h4-9,16-17H,10-15H2,1-3H3,(H,26,29). The molecule has 6 nitrogen and oxygen atoms in total. The van der Waals surface area contributed by atoms with Crippen LogP contribution in [-0.4, -0.2) is 61.4 Å². The fourth-order valence-electron chi connectivity index (χ4n) is 3.32. The molecule has 1 aliphatic heterocycles. The lowest BCUT2D eigenvalue weighted by Crippen LogP contribution is -2.47. The van der Waals surface area contributed by atoms with Crippen LogP contribution in [0.4, 0.5) is 5.69 Å². The van der Waals surface area contributed by atoms with E-state index in [2.05, 4.69) is 47.0 Å². The topological polar surface area (TPSA) is 61.9 Å². The van der Waals surface area contributed by atoms with E-state index in [0.717, 1.165) is 24.0 Å². The van der Waals surface area contributed by atoms with Crippen LogP contribution in [0.3, 0.4) is 0 Å². The smallest absolute Gasteiger partial charge is 0.256 e. The maximum Gasteiger partial charge on any atom is 0.256 e. The van der Waals surface area contributed by atoms with Gasteiger partial charge in [0.25, 0.3) is 11.8 Å². The summed E-state index contributed by atoms with van der Waals surface area (Å²) in [6.45, 7) is 7.99. The van der Waals surface area contributed by atoms with Gasteiger partial charge in [-0.2, -0.15) is 0 Å². The molecule has 0 radical (unpaired) electrons. The molecule has 1 N–H and O–H groups in total. The van der Waals surface area contributed by atoms with Gasteiger partial charge >= 0.3 is 0 Å². The minimum absolute atomic E-state index is 0.0564. The molecule has 1 heterocycles. The monoisotopic (exact) mass is 487 g/mol. The summed E-state index contributed by atoms with van der Waals surface area (Å²) in [6, 6.07) is 12.4. The number of hydrogen-bond donors (Lipinski definition) is 1. The molecular weight excluding hydrogens is 458 g/mol. The number of carbonyl (C=O) groups excluding carboxylic acids is 2. The number of carbonyl (C=O) groups is 2. The third-order valence-corrected chi connectivity index (χ3v) is 5.96. The van der Waals surface area contributed by atoms with Crippen LogP contribution in [-0.2, 0) is 0 Å². The van der Waals surface area contributed by atoms with E-state index in [9.17, 15) is 9.59 Å². The minimum Gasteiger partial charge on any atom is -0.492 e. The van der Waals surface area contributed by atoms with Crippen LogP contribution in [0.2, 0.25) is 0 Å². The SMILES string of the molecule is CC(C)CCOc1ccc(C(=O)Nc2ccccc2C(=O)N2CCN(C)CC2)cc1Br. The lowest BCUT2D eigenvalue weighted by Gasteiger charge is -2.32. The maximum atomic E-state index is 13.0. The molecule has 1 aliphatic rings. The Labute approximate surface area is 192 Å². The summed E-state index contributed by atoms with van der Waals surface area (Å²) < 4.78 is 6.52. The zero-order valence-electron chi connectivity index (χ0n) is 18.4. The van der Waals surface area contributed by atoms with Gasteiger partial charge in [0, 0.05) is 31.7 Å². The minimum atomic E-state index is -0.270. The molecule has 0 saturated carbocycles. The van der Waals surface area contributed by atoms with Crippen molar-refractivity contribution in [2.45, 2.75) is 20.3 Å². The summed E-state index contributed by atoms with van der Waals surface area (Å²) >= 11 is 3.49. The van der Waals surface area contributed by atoms with Gasteiger partial charge in [-0.3, -0.25) is 9.59 Å². The maximum absolute atomic E-state index is 13.0. The summed E-state index contributed by atoms with van der Waals surface area (Å²) in [6.07, 6.45) is 0.965. The Morgan fingerprint density at radius 2 is 1.81 bits per heavy atom. The lowest BCUT2D eigenvalue weighted by molar-refractivity contribution is 0.0665. The quantitative estimate of drug-likeness (QED) is 0.623. The summed E-state index contributed by atoms with van der Waals surface area (Å²) in [5.74, 6) is 0.951. The Balaban J connectivity index is 1.69. The van der Waals surface area contributed by atoms with Crippen molar-refractivity contribution in [3.63, 3.8) is 0 Å². The number of rotatable bonds is 7. The number of nitrogens with zero attached hydrogens (tertiary/aromatic N) is 2. The summed E-state index contributed by atoms with van der Waals surface area (Å²) in [5, 5.41) is 2.90. The second kappa shape index (κ2) is 10.8. The van der Waals surface area contributed by atoms with Gasteiger partial charge in [0.1, 0.15) is 5.75 Å². The van der Waals surface area contributed by atoms with Crippen molar-refractivity contribution in [1.82, 2.24) is 9.80 Å². The average molecular weight is 488 g/mol. The number of benzene rings is 2. The number of hydrogen-bond acceptors (Lipinski definition) is 4. The molecule has 0 atom stereocenters. The van der Waals surface area contributed by atoms with E-state index in [1.165, 1.54) is 0 Å². The van der Waals surface area contributed by atoms with Crippen LogP contribution >= 0.6 is 15.9 Å². The van der Waals surface area contributed by atoms with Gasteiger partial charge in [0.05, 0.1) is 22.3 Å². The predicted molar refractivity (Wildman–Crippen MR) is 127 cm³/mol. The van der Waals surface area contributed by atoms with Gasteiger partial charge in [-0.05, 0) is 65.6 Å². The molecule has 0 unspecified atom stereocenters. The Morgan fingerprint density at radius 3 is 2.48 bits per heavy atom. The molecular formula is C24H30BrN3O3. The molecule has 7 heteroatoms. The number of piperazine rings is 1. The molecule has 31 heavy (non-hydrogen) atoms. The third-order valence-electron chi connectivity index (χ3n) is 5.34. The van der Waals surface area contributed by atoms with Gasteiger partial charge in [-0.1, -0.05) is 26.0 Å². The summed E-state index contributed by atoms with van der Waals surface area (Å²) in [5.41, 5.74) is 1.52. The van der Waals surface area contributed by atoms with Crippen LogP contribution in [0.1, 0.15) is 41.0 Å². The van der Waals surface area contributed by atoms with E-state index in [-0.39, 0.29) is 11.8 Å². The van der Waals surface area contributed by atoms with E-state index in [0.29, 0.717) is 48.2 Å². The molecule has 0 spiro atoms. The van der Waals surface area contributed by atoms with E-state index in [1.807, 2.05) is 17.0 Å². The first-order chi connectivity index (χ1) is 14.8. The van der Waals surface area contributed by atoms with Gasteiger partial charge < -0.3 is 19.9 Å². The Hall–Kier alpha value is -2.38. The number of halogens is 1. The van der Waals surface area contributed by atoms with Crippen molar-refractivity contribution >= 4 is 33.4 Å². The molecule has 3 rings (SSSR count). The zero-order valence-corrected chi connectivity index (χ0v) is 19.9. The summed E-state index contributed by atoms with van der Waals surface area (Å²) in [4.78, 5) is 29.9. The van der Waals surface area contributed by atoms with Crippen LogP contribution in [0.25, 0.3) is 0 Å². The molecule has 0 aliphatic carbocycles. The number of anilines is 1. The molecule has 1 saturated heterocycles. The van der Waals surface area contributed by atoms with E-state index < -0.39 is 0 Å². The highest BCUT2D eigenvalue weighted by Gasteiger charge is 2.23. The van der Waals surface area contributed by atoms with Crippen molar-refractivity contribution in [3.8, 4) is 5.75 Å². The number of likely N-dealkylation sites (N-methyl/N-ethyl adjacent to an activating group) is 1. The molecule has 0 bridgehead atoms. The zero-order chi connectivity index (χ0) is 22.4. The van der Waals surface area contributed by atoms with Crippen molar-refractivity contribution < 1.29 is 14.3 Å². The van der Waals surface area contributed by atoms with Gasteiger partial charge in [-0.25, -0.2) is 0 Å². The summed E-state index contributed by atoms with van der Waals surface area (Å²) in [7, 11) is 2.05. The van der Waals surface area contributed by atoms with Gasteiger partial charge in [0.15, 0.2) is 0 Å². The van der Waals surface area contributed by atoms with E-state index >= 15 is 0 Å². The molecule has 2 aromatic rings. The predicted octanol–water partition coefficient (Wildman–Crippen LogP) is 4.51. The molecule has 166 valence electrons. The first-order valence-electron chi connectivity index (χ1n) is 10.7. The Morgan fingerprint density at radius 1 is 1.10 bits per heavy atom. The Bertz CT molecular complexity index is 924. The fraction of sp³-hybridized carbons (Fsp3) is 0.417. The molecule has 2 amide bonds. The molecule has 2 aromatic carbocycles. The van der Waals surface area contributed by atoms with Crippen LogP contribution in [0.5, 0.6) is 5.75 Å². The average Bonchev–Trinajstić information content (AvgIpc) is 2.75. The first kappa shape index (κ1) is 23.3. The number of ether oxygens (including phenoxy) is 1. The van der Waals surface area contributed by atoms with Crippen LogP contribution in [0.15, 0.2) is 46.9 Å². The Kier molecular flexibility index (Phi) is 8.09. The second-order valence-electron chi connectivity index (χ2n) is 8.27. The van der Waals surface area contributed by atoms with Crippen LogP contribution < -0.4 is 10.1 Å². The fourth-order valence-corrected chi connectivity index (χ4v) is 3.81. The molecule has 1 fully saturated rings.